The Morgan fingerprint density at radius 2 is 1.87 bits per heavy atom. The second kappa shape index (κ2) is 3.31. The fourth-order valence-electron chi connectivity index (χ4n) is 4.62. The summed E-state index contributed by atoms with van der Waals surface area (Å²) in [6, 6.07) is 0. The molecule has 0 spiro atoms. The zero-order chi connectivity index (χ0) is 10.6. The van der Waals surface area contributed by atoms with Crippen molar-refractivity contribution in [2.24, 2.45) is 23.2 Å². The molecule has 5 atom stereocenters. The van der Waals surface area contributed by atoms with Crippen molar-refractivity contribution in [1.82, 2.24) is 0 Å². The molecular formula is C11H16INO2. The summed E-state index contributed by atoms with van der Waals surface area (Å²) in [7, 11) is 0. The van der Waals surface area contributed by atoms with Crippen molar-refractivity contribution in [2.75, 3.05) is 6.54 Å². The maximum Gasteiger partial charge on any atom is 0.210 e. The molecule has 4 aliphatic rings. The number of hydrogen-bond donors (Lipinski definition) is 0. The van der Waals surface area contributed by atoms with Gasteiger partial charge in [-0.2, -0.15) is 0 Å². The SMILES string of the molecule is O=[N+]([O-])CC12C[C@@H]3CC(C[C@@H](C3)C1)C2I. The van der Waals surface area contributed by atoms with Crippen LogP contribution < -0.4 is 0 Å². The first-order valence-corrected chi connectivity index (χ1v) is 7.09. The first-order valence-electron chi connectivity index (χ1n) is 5.85. The number of hydrogen-bond acceptors (Lipinski definition) is 2. The summed E-state index contributed by atoms with van der Waals surface area (Å²) < 4.78 is 0.563. The minimum atomic E-state index is -0.0706. The third kappa shape index (κ3) is 1.51. The first kappa shape index (κ1) is 10.3. The van der Waals surface area contributed by atoms with Crippen LogP contribution in [0.15, 0.2) is 0 Å². The van der Waals surface area contributed by atoms with Gasteiger partial charge in [0.1, 0.15) is 0 Å². The van der Waals surface area contributed by atoms with Gasteiger partial charge >= 0.3 is 0 Å². The zero-order valence-corrected chi connectivity index (χ0v) is 10.9. The summed E-state index contributed by atoms with van der Waals surface area (Å²) >= 11 is 2.51. The van der Waals surface area contributed by atoms with Gasteiger partial charge in [-0.15, -0.1) is 0 Å². The van der Waals surface area contributed by atoms with E-state index < -0.39 is 0 Å². The summed E-state index contributed by atoms with van der Waals surface area (Å²) in [5.41, 5.74) is 0.0683. The maximum atomic E-state index is 10.8. The van der Waals surface area contributed by atoms with Gasteiger partial charge in [-0.25, -0.2) is 0 Å². The van der Waals surface area contributed by atoms with E-state index in [-0.39, 0.29) is 16.9 Å². The largest absolute Gasteiger partial charge is 0.265 e. The van der Waals surface area contributed by atoms with Crippen LogP contribution in [0.3, 0.4) is 0 Å². The van der Waals surface area contributed by atoms with Crippen LogP contribution in [0.5, 0.6) is 0 Å². The van der Waals surface area contributed by atoms with Crippen molar-refractivity contribution in [3.8, 4) is 0 Å². The molecule has 0 radical (unpaired) electrons. The van der Waals surface area contributed by atoms with E-state index in [9.17, 15) is 10.1 Å². The van der Waals surface area contributed by atoms with E-state index >= 15 is 0 Å². The van der Waals surface area contributed by atoms with Gasteiger partial charge in [0.15, 0.2) is 0 Å². The molecule has 4 fully saturated rings. The zero-order valence-electron chi connectivity index (χ0n) is 8.69. The molecular weight excluding hydrogens is 305 g/mol. The average molecular weight is 321 g/mol. The van der Waals surface area contributed by atoms with E-state index in [1.165, 1.54) is 19.3 Å². The monoisotopic (exact) mass is 321 g/mol. The Hall–Kier alpha value is 0.130. The molecule has 0 aromatic carbocycles. The molecule has 15 heavy (non-hydrogen) atoms. The summed E-state index contributed by atoms with van der Waals surface area (Å²) in [5, 5.41) is 10.8. The highest BCUT2D eigenvalue weighted by atomic mass is 127. The third-order valence-corrected chi connectivity index (χ3v) is 7.11. The number of halogens is 1. The minimum Gasteiger partial charge on any atom is -0.265 e. The maximum absolute atomic E-state index is 10.8. The third-order valence-electron chi connectivity index (χ3n) is 4.77. The van der Waals surface area contributed by atoms with Gasteiger partial charge in [-0.3, -0.25) is 10.1 Å². The Bertz CT molecular complexity index is 293. The molecule has 4 saturated carbocycles. The van der Waals surface area contributed by atoms with E-state index in [0.717, 1.165) is 30.6 Å². The molecule has 4 aliphatic carbocycles. The highest BCUT2D eigenvalue weighted by molar-refractivity contribution is 14.1. The standard InChI is InChI=1S/C11H16INO2/c12-10-9-2-7-1-8(3-9)5-11(10,4-7)6-13(14)15/h7-10H,1-6H2/t7-,8+,9?,10?,11?. The molecule has 0 aromatic rings. The molecule has 84 valence electrons. The lowest BCUT2D eigenvalue weighted by Crippen LogP contribution is -2.56. The molecule has 3 nitrogen and oxygen atoms in total. The van der Waals surface area contributed by atoms with E-state index in [1.54, 1.807) is 0 Å². The van der Waals surface area contributed by atoms with Crippen LogP contribution >= 0.6 is 22.6 Å². The fourth-order valence-corrected chi connectivity index (χ4v) is 5.91. The van der Waals surface area contributed by atoms with Crippen LogP contribution in [0.4, 0.5) is 0 Å². The predicted octanol–water partition coefficient (Wildman–Crippen LogP) is 2.89. The Labute approximate surface area is 103 Å². The Balaban J connectivity index is 1.90. The molecule has 0 aromatic heterocycles. The van der Waals surface area contributed by atoms with Gasteiger partial charge in [0, 0.05) is 14.3 Å². The summed E-state index contributed by atoms with van der Waals surface area (Å²) in [6.07, 6.45) is 6.33. The Morgan fingerprint density at radius 3 is 2.40 bits per heavy atom. The van der Waals surface area contributed by atoms with E-state index in [2.05, 4.69) is 22.6 Å². The van der Waals surface area contributed by atoms with Crippen LogP contribution in [0, 0.1) is 33.3 Å². The molecule has 3 unspecified atom stereocenters. The van der Waals surface area contributed by atoms with Crippen LogP contribution in [0.25, 0.3) is 0 Å². The van der Waals surface area contributed by atoms with Gasteiger partial charge in [0.25, 0.3) is 0 Å². The second-order valence-corrected chi connectivity index (χ2v) is 7.20. The van der Waals surface area contributed by atoms with E-state index in [0.29, 0.717) is 3.92 Å². The van der Waals surface area contributed by atoms with Crippen LogP contribution in [0.1, 0.15) is 32.1 Å². The fraction of sp³-hybridized carbons (Fsp3) is 1.00. The van der Waals surface area contributed by atoms with E-state index in [4.69, 9.17) is 0 Å². The average Bonchev–Trinajstić information content (AvgIpc) is 2.11. The molecule has 0 amide bonds. The van der Waals surface area contributed by atoms with Crippen LogP contribution in [-0.4, -0.2) is 15.4 Å². The molecule has 0 aliphatic heterocycles. The first-order chi connectivity index (χ1) is 7.09. The molecule has 4 rings (SSSR count). The Morgan fingerprint density at radius 1 is 1.27 bits per heavy atom. The second-order valence-electron chi connectivity index (χ2n) is 5.86. The lowest BCUT2D eigenvalue weighted by molar-refractivity contribution is -0.502. The summed E-state index contributed by atoms with van der Waals surface area (Å²) in [5.74, 6) is 2.42. The molecule has 4 heteroatoms. The lowest BCUT2D eigenvalue weighted by Gasteiger charge is -2.58. The van der Waals surface area contributed by atoms with Crippen molar-refractivity contribution >= 4 is 22.6 Å². The van der Waals surface area contributed by atoms with E-state index in [1.807, 2.05) is 0 Å². The van der Waals surface area contributed by atoms with Gasteiger partial charge in [0.2, 0.25) is 6.54 Å². The minimum absolute atomic E-state index is 0.0683. The number of rotatable bonds is 2. The highest BCUT2D eigenvalue weighted by Crippen LogP contribution is 2.62. The summed E-state index contributed by atoms with van der Waals surface area (Å²) in [6.45, 7) is 0.226. The van der Waals surface area contributed by atoms with Gasteiger partial charge in [-0.05, 0) is 49.9 Å². The number of nitrogens with zero attached hydrogens (tertiary/aromatic N) is 1. The molecule has 0 saturated heterocycles. The molecule has 0 N–H and O–H groups in total. The topological polar surface area (TPSA) is 43.1 Å². The smallest absolute Gasteiger partial charge is 0.210 e. The van der Waals surface area contributed by atoms with Crippen molar-refractivity contribution in [3.63, 3.8) is 0 Å². The van der Waals surface area contributed by atoms with Crippen LogP contribution in [-0.2, 0) is 0 Å². The normalized spacial score (nSPS) is 52.1. The highest BCUT2D eigenvalue weighted by Gasteiger charge is 2.58. The van der Waals surface area contributed by atoms with Crippen molar-refractivity contribution in [3.05, 3.63) is 10.1 Å². The number of alkyl halides is 1. The predicted molar refractivity (Wildman–Crippen MR) is 65.7 cm³/mol. The molecule has 4 bridgehead atoms. The summed E-state index contributed by atoms with van der Waals surface area (Å²) in [4.78, 5) is 10.8. The Kier molecular flexibility index (Phi) is 2.27. The van der Waals surface area contributed by atoms with Gasteiger partial charge < -0.3 is 0 Å². The van der Waals surface area contributed by atoms with Gasteiger partial charge in [0.05, 0.1) is 0 Å². The van der Waals surface area contributed by atoms with Gasteiger partial charge in [-0.1, -0.05) is 22.6 Å². The van der Waals surface area contributed by atoms with Crippen molar-refractivity contribution < 1.29 is 4.92 Å². The quantitative estimate of drug-likeness (QED) is 0.340. The van der Waals surface area contributed by atoms with Crippen molar-refractivity contribution in [1.29, 1.82) is 0 Å². The molecule has 0 heterocycles. The number of nitro groups is 1. The van der Waals surface area contributed by atoms with Crippen molar-refractivity contribution in [2.45, 2.75) is 36.0 Å². The van der Waals surface area contributed by atoms with Crippen LogP contribution in [0.2, 0.25) is 0 Å². The lowest BCUT2D eigenvalue weighted by atomic mass is 9.49.